The Kier molecular flexibility index (Phi) is 10.5. The fraction of sp³-hybridized carbons (Fsp3) is 0.533. The lowest BCUT2D eigenvalue weighted by Gasteiger charge is -2.34. The zero-order chi connectivity index (χ0) is 27.9. The number of hydrogen-bond donors (Lipinski definition) is 2. The predicted octanol–water partition coefficient (Wildman–Crippen LogP) is 6.27. The van der Waals surface area contributed by atoms with Gasteiger partial charge in [-0.3, -0.25) is 0 Å². The molecule has 2 aromatic carbocycles. The first-order valence-electron chi connectivity index (χ1n) is 13.1. The van der Waals surface area contributed by atoms with Gasteiger partial charge in [0.05, 0.1) is 0 Å². The van der Waals surface area contributed by atoms with Gasteiger partial charge >= 0.3 is 12.1 Å². The first-order valence-corrected chi connectivity index (χ1v) is 15.9. The molecule has 37 heavy (non-hydrogen) atoms. The third kappa shape index (κ3) is 10.3. The van der Waals surface area contributed by atoms with Gasteiger partial charge in [0.1, 0.15) is 5.60 Å². The SMILES string of the molecule is C[SiH](C)O[C@](CC[C@@H](Cc1ccccc1)NC(=O)OC(C)(C)C)(Cc1ccc(C(C)(C)C)cc1)C(=O)O. The summed E-state index contributed by atoms with van der Waals surface area (Å²) in [7, 11) is -1.71. The largest absolute Gasteiger partial charge is 0.479 e. The van der Waals surface area contributed by atoms with Crippen molar-refractivity contribution >= 4 is 21.1 Å². The zero-order valence-electron chi connectivity index (χ0n) is 23.8. The van der Waals surface area contributed by atoms with Gasteiger partial charge in [-0.05, 0) is 75.2 Å². The lowest BCUT2D eigenvalue weighted by Crippen LogP contribution is -2.48. The summed E-state index contributed by atoms with van der Waals surface area (Å²) in [6, 6.07) is 17.7. The number of aliphatic carboxylic acids is 1. The van der Waals surface area contributed by atoms with E-state index in [4.69, 9.17) is 9.16 Å². The number of carboxylic acid groups (broad SMARTS) is 1. The molecule has 2 N–H and O–H groups in total. The Morgan fingerprint density at radius 2 is 1.51 bits per heavy atom. The lowest BCUT2D eigenvalue weighted by atomic mass is 9.84. The summed E-state index contributed by atoms with van der Waals surface area (Å²) < 4.78 is 11.8. The van der Waals surface area contributed by atoms with Gasteiger partial charge in [-0.2, -0.15) is 0 Å². The number of hydrogen-bond acceptors (Lipinski definition) is 4. The van der Waals surface area contributed by atoms with Crippen molar-refractivity contribution in [3.8, 4) is 0 Å². The highest BCUT2D eigenvalue weighted by atomic mass is 28.3. The highest BCUT2D eigenvalue weighted by Gasteiger charge is 2.41. The maximum Gasteiger partial charge on any atom is 0.407 e. The summed E-state index contributed by atoms with van der Waals surface area (Å²) in [5.41, 5.74) is 1.19. The van der Waals surface area contributed by atoms with Gasteiger partial charge in [-0.15, -0.1) is 0 Å². The molecule has 1 amide bonds. The number of carbonyl (C=O) groups is 2. The van der Waals surface area contributed by atoms with Gasteiger partial charge in [-0.1, -0.05) is 75.4 Å². The average Bonchev–Trinajstić information content (AvgIpc) is 2.76. The molecule has 204 valence electrons. The Morgan fingerprint density at radius 1 is 0.919 bits per heavy atom. The number of ether oxygens (including phenoxy) is 1. The summed E-state index contributed by atoms with van der Waals surface area (Å²) in [4.78, 5) is 25.4. The van der Waals surface area contributed by atoms with Crippen LogP contribution in [0.25, 0.3) is 0 Å². The first kappa shape index (κ1) is 30.6. The van der Waals surface area contributed by atoms with Crippen LogP contribution in [0, 0.1) is 0 Å². The Morgan fingerprint density at radius 3 is 2.00 bits per heavy atom. The van der Waals surface area contributed by atoms with E-state index in [1.165, 1.54) is 5.56 Å². The van der Waals surface area contributed by atoms with Crippen LogP contribution in [0.15, 0.2) is 54.6 Å². The van der Waals surface area contributed by atoms with E-state index in [0.29, 0.717) is 12.8 Å². The van der Waals surface area contributed by atoms with Crippen LogP contribution in [0.2, 0.25) is 13.1 Å². The van der Waals surface area contributed by atoms with Gasteiger partial charge in [0.15, 0.2) is 14.6 Å². The molecule has 0 heterocycles. The Balaban J connectivity index is 2.30. The summed E-state index contributed by atoms with van der Waals surface area (Å²) in [5, 5.41) is 13.4. The van der Waals surface area contributed by atoms with E-state index < -0.39 is 32.3 Å². The molecule has 7 heteroatoms. The minimum Gasteiger partial charge on any atom is -0.479 e. The smallest absolute Gasteiger partial charge is 0.407 e. The van der Waals surface area contributed by atoms with Crippen LogP contribution in [0.3, 0.4) is 0 Å². The predicted molar refractivity (Wildman–Crippen MR) is 152 cm³/mol. The number of carbonyl (C=O) groups excluding carboxylic acids is 1. The van der Waals surface area contributed by atoms with E-state index in [-0.39, 0.29) is 24.3 Å². The summed E-state index contributed by atoms with van der Waals surface area (Å²) in [6.45, 7) is 15.9. The van der Waals surface area contributed by atoms with Crippen LogP contribution < -0.4 is 5.32 Å². The summed E-state index contributed by atoms with van der Waals surface area (Å²) in [5.74, 6) is -0.968. The third-order valence-electron chi connectivity index (χ3n) is 6.10. The van der Waals surface area contributed by atoms with Gasteiger partial charge in [0.25, 0.3) is 0 Å². The van der Waals surface area contributed by atoms with E-state index in [0.717, 1.165) is 11.1 Å². The van der Waals surface area contributed by atoms with Crippen molar-refractivity contribution in [2.75, 3.05) is 0 Å². The molecule has 0 aliphatic carbocycles. The first-order chi connectivity index (χ1) is 17.1. The van der Waals surface area contributed by atoms with Crippen molar-refractivity contribution in [1.29, 1.82) is 0 Å². The molecule has 0 saturated carbocycles. The van der Waals surface area contributed by atoms with Crippen LogP contribution >= 0.6 is 0 Å². The maximum atomic E-state index is 12.8. The quantitative estimate of drug-likeness (QED) is 0.337. The van der Waals surface area contributed by atoms with Crippen molar-refractivity contribution in [3.05, 3.63) is 71.3 Å². The van der Waals surface area contributed by atoms with E-state index in [1.54, 1.807) is 0 Å². The average molecular weight is 528 g/mol. The van der Waals surface area contributed by atoms with Crippen molar-refractivity contribution in [1.82, 2.24) is 5.32 Å². The molecule has 0 aromatic heterocycles. The fourth-order valence-corrected chi connectivity index (χ4v) is 5.54. The molecule has 6 nitrogen and oxygen atoms in total. The van der Waals surface area contributed by atoms with E-state index in [2.05, 4.69) is 38.2 Å². The number of benzene rings is 2. The zero-order valence-corrected chi connectivity index (χ0v) is 24.9. The molecular formula is C30H45NO5Si. The molecule has 0 aliphatic heterocycles. The Hall–Kier alpha value is -2.64. The molecular weight excluding hydrogens is 482 g/mol. The fourth-order valence-electron chi connectivity index (χ4n) is 4.33. The highest BCUT2D eigenvalue weighted by Crippen LogP contribution is 2.29. The van der Waals surface area contributed by atoms with Gasteiger partial charge in [0, 0.05) is 12.5 Å². The molecule has 0 saturated heterocycles. The molecule has 0 aliphatic rings. The number of amides is 1. The second-order valence-electron chi connectivity index (χ2n) is 12.2. The van der Waals surface area contributed by atoms with E-state index in [1.807, 2.05) is 76.3 Å². The number of alkyl carbamates (subject to hydrolysis) is 1. The second kappa shape index (κ2) is 12.7. The Labute approximate surface area is 224 Å². The standard InChI is InChI=1S/C30H45NO5Si/c1-28(2,3)24-16-14-23(15-17-24)21-30(26(32)33,36-37(7)8)19-18-25(20-22-12-10-9-11-13-22)31-27(34)35-29(4,5)6/h9-17,25,37H,18-21H2,1-8H3,(H,31,34)(H,32,33)/t25-,30+/m0/s1. The molecule has 0 bridgehead atoms. The number of rotatable bonds is 11. The molecule has 0 unspecified atom stereocenters. The molecule has 0 fully saturated rings. The van der Waals surface area contributed by atoms with Crippen molar-refractivity contribution < 1.29 is 23.9 Å². The third-order valence-corrected chi connectivity index (χ3v) is 7.03. The van der Waals surface area contributed by atoms with Crippen molar-refractivity contribution in [2.45, 2.75) is 103 Å². The van der Waals surface area contributed by atoms with E-state index >= 15 is 0 Å². The van der Waals surface area contributed by atoms with Crippen molar-refractivity contribution in [3.63, 3.8) is 0 Å². The van der Waals surface area contributed by atoms with Gasteiger partial charge in [0.2, 0.25) is 0 Å². The molecule has 2 rings (SSSR count). The minimum absolute atomic E-state index is 0.0156. The van der Waals surface area contributed by atoms with Crippen LogP contribution in [-0.4, -0.2) is 43.5 Å². The second-order valence-corrected chi connectivity index (χ2v) is 14.5. The van der Waals surface area contributed by atoms with E-state index in [9.17, 15) is 14.7 Å². The highest BCUT2D eigenvalue weighted by molar-refractivity contribution is 6.48. The summed E-state index contributed by atoms with van der Waals surface area (Å²) >= 11 is 0. The number of carboxylic acids is 1. The topological polar surface area (TPSA) is 84.9 Å². The normalized spacial score (nSPS) is 14.6. The monoisotopic (exact) mass is 527 g/mol. The molecule has 0 spiro atoms. The van der Waals surface area contributed by atoms with Crippen LogP contribution in [0.5, 0.6) is 0 Å². The van der Waals surface area contributed by atoms with Crippen molar-refractivity contribution in [2.24, 2.45) is 0 Å². The van der Waals surface area contributed by atoms with Crippen LogP contribution in [-0.2, 0) is 32.2 Å². The maximum absolute atomic E-state index is 12.8. The van der Waals surface area contributed by atoms with Gasteiger partial charge in [-0.25, -0.2) is 9.59 Å². The minimum atomic E-state index is -1.71. The Bertz CT molecular complexity index is 1010. The summed E-state index contributed by atoms with van der Waals surface area (Å²) in [6.07, 6.45) is 1.02. The molecule has 0 radical (unpaired) electrons. The van der Waals surface area contributed by atoms with Crippen LogP contribution in [0.4, 0.5) is 4.79 Å². The van der Waals surface area contributed by atoms with Crippen LogP contribution in [0.1, 0.15) is 71.1 Å². The lowest BCUT2D eigenvalue weighted by molar-refractivity contribution is -0.156. The number of nitrogens with one attached hydrogen (secondary N) is 1. The molecule has 2 atom stereocenters. The van der Waals surface area contributed by atoms with Gasteiger partial charge < -0.3 is 19.6 Å². The molecule has 2 aromatic rings.